The van der Waals surface area contributed by atoms with Crippen molar-refractivity contribution in [2.24, 2.45) is 0 Å². The molecule has 0 amide bonds. The van der Waals surface area contributed by atoms with E-state index in [9.17, 15) is 9.36 Å². The van der Waals surface area contributed by atoms with Crippen LogP contribution < -0.4 is 0 Å². The van der Waals surface area contributed by atoms with Crippen molar-refractivity contribution < 1.29 is 24.3 Å². The van der Waals surface area contributed by atoms with E-state index in [0.717, 1.165) is 12.7 Å². The van der Waals surface area contributed by atoms with Gasteiger partial charge in [-0.3, -0.25) is 9.36 Å². The number of aliphatic hydroxyl groups excluding tert-OH is 1. The maximum absolute atomic E-state index is 10.7. The van der Waals surface area contributed by atoms with E-state index in [1.807, 2.05) is 0 Å². The van der Waals surface area contributed by atoms with Gasteiger partial charge in [0.2, 0.25) is 0 Å². The fraction of sp³-hybridized carbons (Fsp3) is 0.625. The summed E-state index contributed by atoms with van der Waals surface area (Å²) >= 11 is 0. The molecule has 1 atom stereocenters. The third kappa shape index (κ3) is 19.8. The first kappa shape index (κ1) is 16.9. The topological polar surface area (TPSA) is 98.1 Å². The first-order valence-electron chi connectivity index (χ1n) is 4.10. The molecule has 0 radical (unpaired) electrons. The number of carbonyl (C=O) groups excluding carboxylic acids is 1. The number of rotatable bonds is 4. The van der Waals surface area contributed by atoms with Gasteiger partial charge in [-0.2, -0.15) is 0 Å². The summed E-state index contributed by atoms with van der Waals surface area (Å²) in [6.45, 7) is 4.47. The Kier molecular flexibility index (Phi) is 8.71. The van der Waals surface area contributed by atoms with Crippen LogP contribution >= 0.6 is 7.60 Å². The Morgan fingerprint density at radius 2 is 1.87 bits per heavy atom. The zero-order chi connectivity index (χ0) is 12.6. The van der Waals surface area contributed by atoms with Crippen LogP contribution in [0.3, 0.4) is 0 Å². The highest BCUT2D eigenvalue weighted by atomic mass is 31.2. The van der Waals surface area contributed by atoms with E-state index in [0.29, 0.717) is 6.54 Å². The van der Waals surface area contributed by atoms with Gasteiger partial charge in [-0.05, 0) is 20.2 Å². The summed E-state index contributed by atoms with van der Waals surface area (Å²) in [5.41, 5.74) is 0. The first-order valence-corrected chi connectivity index (χ1v) is 6.16. The Bertz CT molecular complexity index is 239. The highest BCUT2D eigenvalue weighted by Crippen LogP contribution is 2.26. The van der Waals surface area contributed by atoms with Crippen molar-refractivity contribution in [3.8, 4) is 0 Å². The van der Waals surface area contributed by atoms with Crippen molar-refractivity contribution in [3.63, 3.8) is 0 Å². The van der Waals surface area contributed by atoms with Gasteiger partial charge in [-0.15, -0.1) is 0 Å². The SMILES string of the molecule is C=CC(=O)C(O)CN(C)C.CP(=O)(O)O. The molecule has 0 heterocycles. The van der Waals surface area contributed by atoms with E-state index >= 15 is 0 Å². The van der Waals surface area contributed by atoms with Gasteiger partial charge in [0.1, 0.15) is 6.10 Å². The third-order valence-corrected chi connectivity index (χ3v) is 1.07. The van der Waals surface area contributed by atoms with Crippen LogP contribution in [0.15, 0.2) is 12.7 Å². The van der Waals surface area contributed by atoms with Crippen LogP contribution in [0.4, 0.5) is 0 Å². The van der Waals surface area contributed by atoms with Crippen LogP contribution in [0.5, 0.6) is 0 Å². The molecule has 0 fully saturated rings. The first-order chi connectivity index (χ1) is 6.57. The Morgan fingerprint density at radius 3 is 2.07 bits per heavy atom. The molecule has 0 bridgehead atoms. The van der Waals surface area contributed by atoms with Gasteiger partial charge in [0.25, 0.3) is 0 Å². The van der Waals surface area contributed by atoms with Gasteiger partial charge in [0, 0.05) is 13.2 Å². The van der Waals surface area contributed by atoms with E-state index in [1.165, 1.54) is 0 Å². The van der Waals surface area contributed by atoms with E-state index < -0.39 is 13.7 Å². The molecule has 0 aliphatic heterocycles. The molecule has 1 unspecified atom stereocenters. The smallest absolute Gasteiger partial charge is 0.322 e. The second-order valence-electron chi connectivity index (χ2n) is 3.22. The summed E-state index contributed by atoms with van der Waals surface area (Å²) in [7, 11) is -0.0564. The van der Waals surface area contributed by atoms with Gasteiger partial charge < -0.3 is 19.8 Å². The van der Waals surface area contributed by atoms with Crippen molar-refractivity contribution in [1.82, 2.24) is 4.90 Å². The van der Waals surface area contributed by atoms with Crippen molar-refractivity contribution in [3.05, 3.63) is 12.7 Å². The molecule has 90 valence electrons. The maximum Gasteiger partial charge on any atom is 0.322 e. The van der Waals surface area contributed by atoms with E-state index in [2.05, 4.69) is 6.58 Å². The standard InChI is InChI=1S/C7H13NO2.CH5O3P/c1-4-6(9)7(10)5-8(2)3;1-5(2,3)4/h4,7,10H,1,5H2,2-3H3;1H3,(H2,2,3,4). The summed E-state index contributed by atoms with van der Waals surface area (Å²) < 4.78 is 9.33. The fourth-order valence-corrected chi connectivity index (χ4v) is 0.572. The molecule has 15 heavy (non-hydrogen) atoms. The van der Waals surface area contributed by atoms with E-state index in [4.69, 9.17) is 14.9 Å². The molecule has 6 nitrogen and oxygen atoms in total. The summed E-state index contributed by atoms with van der Waals surface area (Å²) in [6, 6.07) is 0. The summed E-state index contributed by atoms with van der Waals surface area (Å²) in [4.78, 5) is 27.7. The summed E-state index contributed by atoms with van der Waals surface area (Å²) in [5, 5.41) is 9.03. The fourth-order valence-electron chi connectivity index (χ4n) is 0.572. The summed E-state index contributed by atoms with van der Waals surface area (Å²) in [5.74, 6) is -0.325. The predicted molar refractivity (Wildman–Crippen MR) is 57.7 cm³/mol. The third-order valence-electron chi connectivity index (χ3n) is 1.07. The second kappa shape index (κ2) is 7.73. The van der Waals surface area contributed by atoms with Crippen molar-refractivity contribution >= 4 is 13.4 Å². The highest BCUT2D eigenvalue weighted by molar-refractivity contribution is 7.50. The maximum atomic E-state index is 10.7. The molecular weight excluding hydrogens is 221 g/mol. The molecule has 0 saturated carbocycles. The molecule has 0 rings (SSSR count). The summed E-state index contributed by atoms with van der Waals surface area (Å²) in [6.07, 6.45) is 0.209. The monoisotopic (exact) mass is 239 g/mol. The minimum Gasteiger partial charge on any atom is -0.384 e. The Morgan fingerprint density at radius 1 is 1.53 bits per heavy atom. The lowest BCUT2D eigenvalue weighted by atomic mass is 10.2. The predicted octanol–water partition coefficient (Wildman–Crippen LogP) is -0.542. The van der Waals surface area contributed by atoms with Gasteiger partial charge in [0.05, 0.1) is 0 Å². The molecular formula is C8H18NO5P. The molecule has 7 heteroatoms. The minimum atomic E-state index is -3.64. The van der Waals surface area contributed by atoms with Gasteiger partial charge in [-0.25, -0.2) is 0 Å². The molecule has 0 saturated heterocycles. The molecule has 0 aromatic rings. The lowest BCUT2D eigenvalue weighted by molar-refractivity contribution is -0.122. The van der Waals surface area contributed by atoms with Gasteiger partial charge in [0.15, 0.2) is 5.78 Å². The number of aliphatic hydroxyl groups is 1. The van der Waals surface area contributed by atoms with E-state index in [1.54, 1.807) is 19.0 Å². The van der Waals surface area contributed by atoms with E-state index in [-0.39, 0.29) is 5.78 Å². The number of carbonyl (C=O) groups is 1. The lowest BCUT2D eigenvalue weighted by Gasteiger charge is -2.12. The van der Waals surface area contributed by atoms with Crippen LogP contribution in [0.2, 0.25) is 0 Å². The molecule has 3 N–H and O–H groups in total. The molecule has 0 spiro atoms. The van der Waals surface area contributed by atoms with Gasteiger partial charge >= 0.3 is 7.60 Å². The van der Waals surface area contributed by atoms with Crippen LogP contribution in [-0.2, 0) is 9.36 Å². The molecule has 0 aromatic carbocycles. The Labute approximate surface area is 89.4 Å². The average Bonchev–Trinajstić information content (AvgIpc) is 1.98. The van der Waals surface area contributed by atoms with Crippen LogP contribution in [-0.4, -0.2) is 59.0 Å². The van der Waals surface area contributed by atoms with Crippen molar-refractivity contribution in [2.45, 2.75) is 6.10 Å². The number of hydrogen-bond acceptors (Lipinski definition) is 4. The zero-order valence-corrected chi connectivity index (χ0v) is 10.0. The normalized spacial score (nSPS) is 12.7. The van der Waals surface area contributed by atoms with Gasteiger partial charge in [-0.1, -0.05) is 6.58 Å². The molecule has 0 aliphatic carbocycles. The van der Waals surface area contributed by atoms with Crippen molar-refractivity contribution in [1.29, 1.82) is 0 Å². The lowest BCUT2D eigenvalue weighted by Crippen LogP contribution is -2.31. The van der Waals surface area contributed by atoms with Crippen molar-refractivity contribution in [2.75, 3.05) is 27.3 Å². The molecule has 0 aromatic heterocycles. The zero-order valence-electron chi connectivity index (χ0n) is 9.12. The largest absolute Gasteiger partial charge is 0.384 e. The van der Waals surface area contributed by atoms with Crippen LogP contribution in [0, 0.1) is 0 Å². The number of hydrogen-bond donors (Lipinski definition) is 3. The number of likely N-dealkylation sites (N-methyl/N-ethyl adjacent to an activating group) is 1. The van der Waals surface area contributed by atoms with Crippen LogP contribution in [0.1, 0.15) is 0 Å². The highest BCUT2D eigenvalue weighted by Gasteiger charge is 2.11. The Balaban J connectivity index is 0. The average molecular weight is 239 g/mol. The quantitative estimate of drug-likeness (QED) is 0.450. The number of nitrogens with zero attached hydrogens (tertiary/aromatic N) is 1. The Hall–Kier alpha value is -0.520. The number of ketones is 1. The van der Waals surface area contributed by atoms with Crippen LogP contribution in [0.25, 0.3) is 0 Å². The minimum absolute atomic E-state index is 0.325. The molecule has 0 aliphatic rings. The second-order valence-corrected chi connectivity index (χ2v) is 4.89.